The van der Waals surface area contributed by atoms with Crippen LogP contribution in [-0.4, -0.2) is 28.9 Å². The highest BCUT2D eigenvalue weighted by atomic mass is 35.5. The summed E-state index contributed by atoms with van der Waals surface area (Å²) >= 11 is 6.16. The van der Waals surface area contributed by atoms with Crippen LogP contribution in [0.25, 0.3) is 5.76 Å². The standard InChI is InChI=1S/C25H21ClN2O4/c1-14-12-20(32-3)15(2)11-19(14)23(29)21-22(16-7-9-27-10-8-16)28(25(31)24(21)30)18-6-4-5-17(26)13-18/h4-13,22,29H,1-3H3/b23-21+. The van der Waals surface area contributed by atoms with Crippen molar-refractivity contribution in [3.63, 3.8) is 0 Å². The van der Waals surface area contributed by atoms with E-state index in [9.17, 15) is 14.7 Å². The normalized spacial score (nSPS) is 17.6. The number of amides is 1. The van der Waals surface area contributed by atoms with Crippen LogP contribution in [0.4, 0.5) is 5.69 Å². The minimum absolute atomic E-state index is 0.00819. The second kappa shape index (κ2) is 8.48. The fourth-order valence-corrected chi connectivity index (χ4v) is 4.18. The lowest BCUT2D eigenvalue weighted by Gasteiger charge is -2.25. The fourth-order valence-electron chi connectivity index (χ4n) is 4.00. The van der Waals surface area contributed by atoms with Gasteiger partial charge in [0.15, 0.2) is 0 Å². The van der Waals surface area contributed by atoms with Crippen molar-refractivity contribution < 1.29 is 19.4 Å². The van der Waals surface area contributed by atoms with Gasteiger partial charge in [-0.1, -0.05) is 17.7 Å². The Labute approximate surface area is 190 Å². The van der Waals surface area contributed by atoms with E-state index in [4.69, 9.17) is 16.3 Å². The highest BCUT2D eigenvalue weighted by Gasteiger charge is 2.47. The van der Waals surface area contributed by atoms with Gasteiger partial charge in [0.1, 0.15) is 11.5 Å². The summed E-state index contributed by atoms with van der Waals surface area (Å²) in [4.78, 5) is 31.8. The van der Waals surface area contributed by atoms with Gasteiger partial charge in [-0.05, 0) is 73.0 Å². The molecule has 1 aliphatic rings. The van der Waals surface area contributed by atoms with Gasteiger partial charge in [-0.25, -0.2) is 0 Å². The highest BCUT2D eigenvalue weighted by Crippen LogP contribution is 2.43. The summed E-state index contributed by atoms with van der Waals surface area (Å²) in [5.74, 6) is -1.07. The van der Waals surface area contributed by atoms with Crippen LogP contribution < -0.4 is 9.64 Å². The van der Waals surface area contributed by atoms with Crippen molar-refractivity contribution in [3.05, 3.63) is 93.8 Å². The maximum absolute atomic E-state index is 13.2. The number of aliphatic hydroxyl groups is 1. The zero-order valence-electron chi connectivity index (χ0n) is 17.8. The number of hydrogen-bond acceptors (Lipinski definition) is 5. The molecule has 1 unspecified atom stereocenters. The zero-order chi connectivity index (χ0) is 23.0. The Morgan fingerprint density at radius 3 is 2.44 bits per heavy atom. The molecule has 2 heterocycles. The van der Waals surface area contributed by atoms with Crippen molar-refractivity contribution >= 4 is 34.7 Å². The predicted octanol–water partition coefficient (Wildman–Crippen LogP) is 4.99. The van der Waals surface area contributed by atoms with Crippen LogP contribution in [0.3, 0.4) is 0 Å². The summed E-state index contributed by atoms with van der Waals surface area (Å²) < 4.78 is 5.35. The molecule has 1 aromatic heterocycles. The molecule has 3 aromatic rings. The Morgan fingerprint density at radius 1 is 1.06 bits per heavy atom. The number of Topliss-reactive ketones (excluding diaryl/α,β-unsaturated/α-hetero) is 1. The molecule has 2 aromatic carbocycles. The maximum Gasteiger partial charge on any atom is 0.300 e. The molecule has 1 amide bonds. The van der Waals surface area contributed by atoms with Crippen LogP contribution in [0, 0.1) is 13.8 Å². The molecule has 0 aliphatic carbocycles. The van der Waals surface area contributed by atoms with E-state index in [0.29, 0.717) is 33.1 Å². The first kappa shape index (κ1) is 21.6. The maximum atomic E-state index is 13.2. The molecule has 0 radical (unpaired) electrons. The minimum atomic E-state index is -0.835. The van der Waals surface area contributed by atoms with Crippen molar-refractivity contribution in [2.45, 2.75) is 19.9 Å². The Morgan fingerprint density at radius 2 is 1.78 bits per heavy atom. The summed E-state index contributed by atoms with van der Waals surface area (Å²) in [7, 11) is 1.57. The molecule has 1 N–H and O–H groups in total. The summed E-state index contributed by atoms with van der Waals surface area (Å²) in [5, 5.41) is 11.8. The van der Waals surface area contributed by atoms with Crippen LogP contribution in [0.15, 0.2) is 66.5 Å². The van der Waals surface area contributed by atoms with E-state index in [1.807, 2.05) is 13.8 Å². The molecule has 4 rings (SSSR count). The number of ether oxygens (including phenoxy) is 1. The van der Waals surface area contributed by atoms with Crippen LogP contribution in [-0.2, 0) is 9.59 Å². The largest absolute Gasteiger partial charge is 0.507 e. The number of anilines is 1. The molecule has 6 nitrogen and oxygen atoms in total. The van der Waals surface area contributed by atoms with E-state index in [2.05, 4.69) is 4.98 Å². The summed E-state index contributed by atoms with van der Waals surface area (Å²) in [6.45, 7) is 3.66. The van der Waals surface area contributed by atoms with Gasteiger partial charge in [-0.15, -0.1) is 0 Å². The van der Waals surface area contributed by atoms with Gasteiger partial charge in [0.2, 0.25) is 0 Å². The molecule has 32 heavy (non-hydrogen) atoms. The third-order valence-corrected chi connectivity index (χ3v) is 5.78. The average Bonchev–Trinajstić information content (AvgIpc) is 3.05. The van der Waals surface area contributed by atoms with Crippen LogP contribution in [0.2, 0.25) is 5.02 Å². The number of carbonyl (C=O) groups is 2. The van der Waals surface area contributed by atoms with Crippen molar-refractivity contribution in [1.82, 2.24) is 4.98 Å². The first-order chi connectivity index (χ1) is 15.3. The van der Waals surface area contributed by atoms with E-state index in [1.165, 1.54) is 4.90 Å². The monoisotopic (exact) mass is 448 g/mol. The first-order valence-electron chi connectivity index (χ1n) is 9.95. The number of aromatic nitrogens is 1. The number of aliphatic hydroxyl groups excluding tert-OH is 1. The second-order valence-corrected chi connectivity index (χ2v) is 8.00. The Bertz CT molecular complexity index is 1250. The minimum Gasteiger partial charge on any atom is -0.507 e. The van der Waals surface area contributed by atoms with E-state index in [-0.39, 0.29) is 11.3 Å². The highest BCUT2D eigenvalue weighted by molar-refractivity contribution is 6.51. The molecule has 162 valence electrons. The number of nitrogens with zero attached hydrogens (tertiary/aromatic N) is 2. The molecule has 0 saturated carbocycles. The molecule has 1 saturated heterocycles. The third kappa shape index (κ3) is 3.63. The number of rotatable bonds is 4. The molecule has 7 heteroatoms. The summed E-state index contributed by atoms with van der Waals surface area (Å²) in [5.41, 5.74) is 3.09. The Kier molecular flexibility index (Phi) is 5.72. The lowest BCUT2D eigenvalue weighted by atomic mass is 9.93. The number of benzene rings is 2. The van der Waals surface area contributed by atoms with Crippen molar-refractivity contribution in [3.8, 4) is 5.75 Å². The van der Waals surface area contributed by atoms with Crippen molar-refractivity contribution in [2.24, 2.45) is 0 Å². The van der Waals surface area contributed by atoms with Crippen molar-refractivity contribution in [2.75, 3.05) is 12.0 Å². The number of methoxy groups -OCH3 is 1. The second-order valence-electron chi connectivity index (χ2n) is 7.57. The van der Waals surface area contributed by atoms with Gasteiger partial charge < -0.3 is 9.84 Å². The molecule has 1 aliphatic heterocycles. The van der Waals surface area contributed by atoms with Gasteiger partial charge >= 0.3 is 0 Å². The zero-order valence-corrected chi connectivity index (χ0v) is 18.6. The van der Waals surface area contributed by atoms with E-state index in [1.54, 1.807) is 68.0 Å². The first-order valence-corrected chi connectivity index (χ1v) is 10.3. The van der Waals surface area contributed by atoms with E-state index < -0.39 is 17.7 Å². The molecular weight excluding hydrogens is 428 g/mol. The molecular formula is C25H21ClN2O4. The number of halogens is 1. The quantitative estimate of drug-likeness (QED) is 0.345. The van der Waals surface area contributed by atoms with E-state index >= 15 is 0 Å². The lowest BCUT2D eigenvalue weighted by Crippen LogP contribution is -2.29. The van der Waals surface area contributed by atoms with Gasteiger partial charge in [0.25, 0.3) is 11.7 Å². The summed E-state index contributed by atoms with van der Waals surface area (Å²) in [6, 6.07) is 12.8. The average molecular weight is 449 g/mol. The van der Waals surface area contributed by atoms with Crippen LogP contribution in [0.5, 0.6) is 5.75 Å². The molecule has 1 atom stereocenters. The number of pyridine rings is 1. The molecule has 0 bridgehead atoms. The van der Waals surface area contributed by atoms with Gasteiger partial charge in [-0.3, -0.25) is 19.5 Å². The number of aryl methyl sites for hydroxylation is 2. The molecule has 1 fully saturated rings. The third-order valence-electron chi connectivity index (χ3n) is 5.55. The number of carbonyl (C=O) groups excluding carboxylic acids is 2. The van der Waals surface area contributed by atoms with Crippen LogP contribution >= 0.6 is 11.6 Å². The molecule has 0 spiro atoms. The summed E-state index contributed by atoms with van der Waals surface area (Å²) in [6.07, 6.45) is 3.16. The Balaban J connectivity index is 1.97. The van der Waals surface area contributed by atoms with Gasteiger partial charge in [-0.2, -0.15) is 0 Å². The van der Waals surface area contributed by atoms with Gasteiger partial charge in [0, 0.05) is 28.7 Å². The Hall–Kier alpha value is -3.64. The SMILES string of the molecule is COc1cc(C)c(/C(O)=C2\C(=O)C(=O)N(c3cccc(Cl)c3)C2c2ccncc2)cc1C. The van der Waals surface area contributed by atoms with Crippen LogP contribution in [0.1, 0.15) is 28.3 Å². The predicted molar refractivity (Wildman–Crippen MR) is 123 cm³/mol. The fraction of sp³-hybridized carbons (Fsp3) is 0.160. The number of ketones is 1. The number of hydrogen-bond donors (Lipinski definition) is 1. The topological polar surface area (TPSA) is 79.7 Å². The van der Waals surface area contributed by atoms with Crippen molar-refractivity contribution in [1.29, 1.82) is 0 Å². The smallest absolute Gasteiger partial charge is 0.300 e. The van der Waals surface area contributed by atoms with E-state index in [0.717, 1.165) is 5.56 Å². The lowest BCUT2D eigenvalue weighted by molar-refractivity contribution is -0.132. The van der Waals surface area contributed by atoms with Gasteiger partial charge in [0.05, 0.1) is 18.7 Å².